The van der Waals surface area contributed by atoms with Crippen LogP contribution in [0.5, 0.6) is 11.5 Å². The third-order valence-electron chi connectivity index (χ3n) is 7.18. The molecule has 1 saturated heterocycles. The summed E-state index contributed by atoms with van der Waals surface area (Å²) in [6.07, 6.45) is 2.29. The number of aromatic nitrogens is 2. The normalized spacial score (nSPS) is 21.0. The first-order valence-electron chi connectivity index (χ1n) is 11.7. The van der Waals surface area contributed by atoms with Crippen molar-refractivity contribution in [2.45, 2.75) is 71.0 Å². The lowest BCUT2D eigenvalue weighted by Gasteiger charge is -2.37. The summed E-state index contributed by atoms with van der Waals surface area (Å²) in [5.41, 5.74) is 0.727. The molecule has 0 spiro atoms. The fourth-order valence-corrected chi connectivity index (χ4v) is 4.98. The van der Waals surface area contributed by atoms with E-state index in [1.807, 2.05) is 18.2 Å². The van der Waals surface area contributed by atoms with Crippen molar-refractivity contribution < 1.29 is 18.6 Å². The minimum absolute atomic E-state index is 0.0802. The van der Waals surface area contributed by atoms with Gasteiger partial charge in [0.1, 0.15) is 6.23 Å². The Morgan fingerprint density at radius 3 is 2.44 bits per heavy atom. The topological polar surface area (TPSA) is 91.8 Å². The lowest BCUT2D eigenvalue weighted by Crippen LogP contribution is -2.43. The van der Waals surface area contributed by atoms with Crippen LogP contribution in [0.1, 0.15) is 44.5 Å². The molecule has 2 heterocycles. The summed E-state index contributed by atoms with van der Waals surface area (Å²) in [6.45, 7) is 13.2. The summed E-state index contributed by atoms with van der Waals surface area (Å²) >= 11 is 0. The first kappa shape index (κ1) is 26.2. The van der Waals surface area contributed by atoms with Crippen molar-refractivity contribution in [3.63, 3.8) is 0 Å². The number of ether oxygens (including phenoxy) is 3. The van der Waals surface area contributed by atoms with Gasteiger partial charge in [0, 0.05) is 11.8 Å². The number of hydrogen-bond donors (Lipinski definition) is 1. The van der Waals surface area contributed by atoms with Gasteiger partial charge in [-0.3, -0.25) is 14.3 Å². The highest BCUT2D eigenvalue weighted by atomic mass is 28.4. The number of benzene rings is 1. The lowest BCUT2D eigenvalue weighted by molar-refractivity contribution is -0.0300. The van der Waals surface area contributed by atoms with E-state index in [1.165, 1.54) is 4.57 Å². The van der Waals surface area contributed by atoms with Gasteiger partial charge in [-0.1, -0.05) is 26.8 Å². The van der Waals surface area contributed by atoms with Gasteiger partial charge in [-0.15, -0.1) is 0 Å². The Balaban J connectivity index is 1.88. The van der Waals surface area contributed by atoms with Crippen LogP contribution in [0, 0.1) is 12.8 Å². The van der Waals surface area contributed by atoms with Crippen molar-refractivity contribution in [3.8, 4) is 11.5 Å². The molecule has 1 fully saturated rings. The largest absolute Gasteiger partial charge is 0.493 e. The lowest BCUT2D eigenvalue weighted by atomic mass is 9.92. The van der Waals surface area contributed by atoms with Gasteiger partial charge in [-0.05, 0) is 61.5 Å². The van der Waals surface area contributed by atoms with E-state index >= 15 is 0 Å². The summed E-state index contributed by atoms with van der Waals surface area (Å²) in [5, 5.41) is 0.0802. The van der Waals surface area contributed by atoms with E-state index in [0.717, 1.165) is 12.0 Å². The zero-order valence-corrected chi connectivity index (χ0v) is 22.6. The molecule has 0 bridgehead atoms. The molecular weight excluding hydrogens is 452 g/mol. The second kappa shape index (κ2) is 10.1. The molecule has 188 valence electrons. The van der Waals surface area contributed by atoms with Gasteiger partial charge in [0.05, 0.1) is 26.9 Å². The number of rotatable bonds is 8. The Morgan fingerprint density at radius 1 is 1.15 bits per heavy atom. The van der Waals surface area contributed by atoms with Crippen LogP contribution in [0.25, 0.3) is 0 Å². The number of aryl methyl sites for hydroxylation is 1. The zero-order valence-electron chi connectivity index (χ0n) is 21.6. The van der Waals surface area contributed by atoms with E-state index < -0.39 is 20.2 Å². The van der Waals surface area contributed by atoms with Crippen LogP contribution in [0.3, 0.4) is 0 Å². The number of hydrogen-bond acceptors (Lipinski definition) is 6. The first-order valence-corrected chi connectivity index (χ1v) is 14.6. The van der Waals surface area contributed by atoms with Gasteiger partial charge in [0.25, 0.3) is 5.56 Å². The molecule has 9 heteroatoms. The van der Waals surface area contributed by atoms with Gasteiger partial charge in [0.15, 0.2) is 19.8 Å². The zero-order chi connectivity index (χ0) is 25.3. The predicted octanol–water partition coefficient (Wildman–Crippen LogP) is 4.03. The summed E-state index contributed by atoms with van der Waals surface area (Å²) in [6, 6.07) is 5.91. The molecule has 3 atom stereocenters. The monoisotopic (exact) mass is 490 g/mol. The minimum atomic E-state index is -1.98. The molecule has 8 nitrogen and oxygen atoms in total. The summed E-state index contributed by atoms with van der Waals surface area (Å²) in [7, 11) is 1.26. The molecule has 1 aromatic heterocycles. The quantitative estimate of drug-likeness (QED) is 0.562. The maximum absolute atomic E-state index is 12.5. The Morgan fingerprint density at radius 2 is 1.82 bits per heavy atom. The van der Waals surface area contributed by atoms with Crippen LogP contribution in [-0.2, 0) is 15.6 Å². The predicted molar refractivity (Wildman–Crippen MR) is 134 cm³/mol. The Labute approximate surface area is 202 Å². The molecule has 1 aliphatic heterocycles. The van der Waals surface area contributed by atoms with E-state index in [0.29, 0.717) is 30.1 Å². The summed E-state index contributed by atoms with van der Waals surface area (Å²) in [4.78, 5) is 26.8. The minimum Gasteiger partial charge on any atom is -0.493 e. The summed E-state index contributed by atoms with van der Waals surface area (Å²) < 4.78 is 25.2. The molecule has 0 saturated carbocycles. The molecule has 0 radical (unpaired) electrons. The molecule has 3 rings (SSSR count). The van der Waals surface area contributed by atoms with Crippen molar-refractivity contribution >= 4 is 8.32 Å². The van der Waals surface area contributed by atoms with Crippen LogP contribution in [0.15, 0.2) is 34.0 Å². The molecule has 2 aromatic rings. The maximum atomic E-state index is 12.5. The third kappa shape index (κ3) is 5.64. The smallest absolute Gasteiger partial charge is 0.330 e. The molecule has 1 aromatic carbocycles. The van der Waals surface area contributed by atoms with E-state index in [2.05, 4.69) is 38.8 Å². The van der Waals surface area contributed by atoms with E-state index in [9.17, 15) is 9.59 Å². The number of nitrogens with zero attached hydrogens (tertiary/aromatic N) is 1. The van der Waals surface area contributed by atoms with Crippen molar-refractivity contribution in [1.82, 2.24) is 9.55 Å². The molecule has 0 unspecified atom stereocenters. The average molecular weight is 491 g/mol. The highest BCUT2D eigenvalue weighted by molar-refractivity contribution is 6.74. The number of aromatic amines is 1. The molecule has 1 N–H and O–H groups in total. The van der Waals surface area contributed by atoms with Crippen LogP contribution in [0.2, 0.25) is 18.1 Å². The van der Waals surface area contributed by atoms with Crippen LogP contribution in [-0.4, -0.2) is 44.8 Å². The Bertz CT molecular complexity index is 1120. The van der Waals surface area contributed by atoms with Crippen LogP contribution >= 0.6 is 0 Å². The SMILES string of the molecule is COc1ccc(C[C@H]2C[C@@H](n3cc(C)c(=O)[nH]c3=O)O[C@@H]2CO[Si](C)(C)C(C)(C)C)cc1OC. The van der Waals surface area contributed by atoms with Crippen molar-refractivity contribution in [3.05, 3.63) is 56.4 Å². The second-order valence-electron chi connectivity index (χ2n) is 10.6. The number of H-pyrrole nitrogens is 1. The molecule has 1 aliphatic rings. The van der Waals surface area contributed by atoms with Gasteiger partial charge < -0.3 is 18.6 Å². The van der Waals surface area contributed by atoms with Crippen LogP contribution < -0.4 is 20.7 Å². The standard InChI is InChI=1S/C25H38N2O6Si/c1-16-14-27(24(29)26-23(16)28)22-13-18(11-17-9-10-19(30-5)20(12-17)31-6)21(33-22)15-32-34(7,8)25(2,3)4/h9-10,12,14,18,21-22H,11,13,15H2,1-8H3,(H,26,28,29)/t18-,21+,22-/m0/s1. The fourth-order valence-electron chi connectivity index (χ4n) is 3.97. The van der Waals surface area contributed by atoms with E-state index in [4.69, 9.17) is 18.6 Å². The Kier molecular flexibility index (Phi) is 7.79. The molecule has 0 aliphatic carbocycles. The third-order valence-corrected chi connectivity index (χ3v) is 11.7. The van der Waals surface area contributed by atoms with Crippen molar-refractivity contribution in [1.29, 1.82) is 0 Å². The van der Waals surface area contributed by atoms with Gasteiger partial charge in [-0.2, -0.15) is 0 Å². The number of nitrogens with one attached hydrogen (secondary N) is 1. The molecule has 0 amide bonds. The van der Waals surface area contributed by atoms with Gasteiger partial charge in [-0.25, -0.2) is 4.79 Å². The van der Waals surface area contributed by atoms with Crippen molar-refractivity contribution in [2.24, 2.45) is 5.92 Å². The van der Waals surface area contributed by atoms with Gasteiger partial charge in [0.2, 0.25) is 0 Å². The van der Waals surface area contributed by atoms with Crippen molar-refractivity contribution in [2.75, 3.05) is 20.8 Å². The van der Waals surface area contributed by atoms with Crippen LogP contribution in [0.4, 0.5) is 0 Å². The fraction of sp³-hybridized carbons (Fsp3) is 0.600. The Hall–Kier alpha value is -2.36. The van der Waals surface area contributed by atoms with E-state index in [1.54, 1.807) is 27.3 Å². The maximum Gasteiger partial charge on any atom is 0.330 e. The van der Waals surface area contributed by atoms with E-state index in [-0.39, 0.29) is 22.6 Å². The number of methoxy groups -OCH3 is 2. The second-order valence-corrected chi connectivity index (χ2v) is 15.4. The molecular formula is C25H38N2O6Si. The highest BCUT2D eigenvalue weighted by Gasteiger charge is 2.41. The highest BCUT2D eigenvalue weighted by Crippen LogP contribution is 2.40. The summed E-state index contributed by atoms with van der Waals surface area (Å²) in [5.74, 6) is 1.48. The molecule has 34 heavy (non-hydrogen) atoms. The van der Waals surface area contributed by atoms with Gasteiger partial charge >= 0.3 is 5.69 Å². The average Bonchev–Trinajstić information content (AvgIpc) is 3.16. The first-order chi connectivity index (χ1) is 15.9.